The van der Waals surface area contributed by atoms with Crippen LogP contribution in [0.4, 0.5) is 0 Å². The van der Waals surface area contributed by atoms with Crippen molar-refractivity contribution in [3.63, 3.8) is 0 Å². The third-order valence-electron chi connectivity index (χ3n) is 4.85. The third-order valence-corrected chi connectivity index (χ3v) is 4.85. The maximum Gasteiger partial charge on any atom is 0.253 e. The molecule has 1 aliphatic rings. The Kier molecular flexibility index (Phi) is 5.40. The molecule has 6 nitrogen and oxygen atoms in total. The van der Waals surface area contributed by atoms with Crippen molar-refractivity contribution >= 4 is 11.8 Å². The second kappa shape index (κ2) is 7.72. The smallest absolute Gasteiger partial charge is 0.253 e. The molecule has 1 fully saturated rings. The molecule has 26 heavy (non-hydrogen) atoms. The van der Waals surface area contributed by atoms with E-state index in [0.29, 0.717) is 12.1 Å². The Labute approximate surface area is 154 Å². The van der Waals surface area contributed by atoms with Crippen LogP contribution in [0.3, 0.4) is 0 Å². The van der Waals surface area contributed by atoms with E-state index in [0.717, 1.165) is 42.9 Å². The molecule has 0 saturated carbocycles. The number of rotatable bonds is 5. The van der Waals surface area contributed by atoms with Gasteiger partial charge in [-0.25, -0.2) is 0 Å². The van der Waals surface area contributed by atoms with E-state index in [1.807, 2.05) is 56.0 Å². The van der Waals surface area contributed by atoms with Gasteiger partial charge in [-0.2, -0.15) is 5.10 Å². The molecule has 6 heteroatoms. The largest absolute Gasteiger partial charge is 0.350 e. The van der Waals surface area contributed by atoms with Crippen molar-refractivity contribution in [1.29, 1.82) is 0 Å². The first-order chi connectivity index (χ1) is 12.5. The predicted octanol–water partition coefficient (Wildman–Crippen LogP) is 2.61. The summed E-state index contributed by atoms with van der Waals surface area (Å²) in [6, 6.07) is 9.08. The predicted molar refractivity (Wildman–Crippen MR) is 99.8 cm³/mol. The average Bonchev–Trinajstić information content (AvgIpc) is 3.28. The Morgan fingerprint density at radius 2 is 1.81 bits per heavy atom. The van der Waals surface area contributed by atoms with Gasteiger partial charge in [-0.3, -0.25) is 14.3 Å². The lowest BCUT2D eigenvalue weighted by molar-refractivity contribution is -0.124. The van der Waals surface area contributed by atoms with Gasteiger partial charge in [0, 0.05) is 30.9 Å². The highest BCUT2D eigenvalue weighted by molar-refractivity contribution is 5.94. The Morgan fingerprint density at radius 1 is 1.15 bits per heavy atom. The van der Waals surface area contributed by atoms with Crippen molar-refractivity contribution in [3.05, 3.63) is 52.8 Å². The summed E-state index contributed by atoms with van der Waals surface area (Å²) in [6.07, 6.45) is 2.17. The number of hydrogen-bond donors (Lipinski definition) is 1. The molecule has 3 rings (SSSR count). The van der Waals surface area contributed by atoms with Crippen molar-refractivity contribution in [1.82, 2.24) is 20.0 Å². The van der Waals surface area contributed by atoms with Crippen LogP contribution in [0.5, 0.6) is 0 Å². The Balaban J connectivity index is 1.56. The number of nitrogens with one attached hydrogen (secondary N) is 1. The molecular formula is C20H26N4O2. The van der Waals surface area contributed by atoms with Crippen molar-refractivity contribution in [2.24, 2.45) is 0 Å². The lowest BCUT2D eigenvalue weighted by atomic mass is 10.1. The molecule has 2 heterocycles. The van der Waals surface area contributed by atoms with Crippen LogP contribution < -0.4 is 5.32 Å². The molecule has 1 atom stereocenters. The molecule has 1 aliphatic heterocycles. The maximum absolute atomic E-state index is 12.4. The first-order valence-electron chi connectivity index (χ1n) is 9.14. The summed E-state index contributed by atoms with van der Waals surface area (Å²) in [5, 5.41) is 7.31. The van der Waals surface area contributed by atoms with Gasteiger partial charge in [-0.05, 0) is 57.4 Å². The first-order valence-corrected chi connectivity index (χ1v) is 9.14. The van der Waals surface area contributed by atoms with E-state index in [1.54, 1.807) is 4.68 Å². The number of nitrogens with zero attached hydrogens (tertiary/aromatic N) is 3. The van der Waals surface area contributed by atoms with E-state index in [2.05, 4.69) is 10.4 Å². The molecule has 0 bridgehead atoms. The van der Waals surface area contributed by atoms with Gasteiger partial charge in [0.1, 0.15) is 6.04 Å². The zero-order chi connectivity index (χ0) is 18.7. The zero-order valence-electron chi connectivity index (χ0n) is 15.7. The van der Waals surface area contributed by atoms with Crippen LogP contribution in [0, 0.1) is 13.8 Å². The van der Waals surface area contributed by atoms with Gasteiger partial charge in [0.2, 0.25) is 5.91 Å². The van der Waals surface area contributed by atoms with Crippen LogP contribution in [-0.2, 0) is 11.3 Å². The summed E-state index contributed by atoms with van der Waals surface area (Å²) >= 11 is 0. The molecule has 0 radical (unpaired) electrons. The van der Waals surface area contributed by atoms with Gasteiger partial charge >= 0.3 is 0 Å². The number of likely N-dealkylation sites (tertiary alicyclic amines) is 1. The van der Waals surface area contributed by atoms with Crippen LogP contribution in [-0.4, -0.2) is 39.6 Å². The second-order valence-corrected chi connectivity index (χ2v) is 6.96. The van der Waals surface area contributed by atoms with Gasteiger partial charge < -0.3 is 10.2 Å². The summed E-state index contributed by atoms with van der Waals surface area (Å²) in [6.45, 7) is 7.83. The SMILES string of the molecule is Cc1cc(C)n([C@@H](C)C(=O)NCc2ccc(C(=O)N3CCCC3)cc2)n1. The van der Waals surface area contributed by atoms with Crippen molar-refractivity contribution in [2.45, 2.75) is 46.2 Å². The van der Waals surface area contributed by atoms with Crippen LogP contribution in [0.2, 0.25) is 0 Å². The average molecular weight is 354 g/mol. The zero-order valence-corrected chi connectivity index (χ0v) is 15.7. The number of carbonyl (C=O) groups excluding carboxylic acids is 2. The lowest BCUT2D eigenvalue weighted by Crippen LogP contribution is -2.31. The minimum absolute atomic E-state index is 0.0755. The standard InChI is InChI=1S/C20H26N4O2/c1-14-12-15(2)24(22-14)16(3)19(25)21-13-17-6-8-18(9-7-17)20(26)23-10-4-5-11-23/h6-9,12,16H,4-5,10-11,13H2,1-3H3,(H,21,25)/t16-/m0/s1. The fourth-order valence-corrected chi connectivity index (χ4v) is 3.35. The highest BCUT2D eigenvalue weighted by atomic mass is 16.2. The Morgan fingerprint density at radius 3 is 2.38 bits per heavy atom. The lowest BCUT2D eigenvalue weighted by Gasteiger charge is -2.16. The van der Waals surface area contributed by atoms with E-state index >= 15 is 0 Å². The second-order valence-electron chi connectivity index (χ2n) is 6.96. The molecule has 2 aromatic rings. The molecule has 1 aromatic carbocycles. The van der Waals surface area contributed by atoms with Crippen LogP contribution >= 0.6 is 0 Å². The molecule has 1 N–H and O–H groups in total. The summed E-state index contributed by atoms with van der Waals surface area (Å²) in [7, 11) is 0. The summed E-state index contributed by atoms with van der Waals surface area (Å²) in [5.41, 5.74) is 3.55. The van der Waals surface area contributed by atoms with E-state index in [1.165, 1.54) is 0 Å². The number of aryl methyl sites for hydroxylation is 2. The van der Waals surface area contributed by atoms with Crippen molar-refractivity contribution in [3.8, 4) is 0 Å². The number of benzene rings is 1. The van der Waals surface area contributed by atoms with Crippen LogP contribution in [0.25, 0.3) is 0 Å². The minimum atomic E-state index is -0.361. The fraction of sp³-hybridized carbons (Fsp3) is 0.450. The molecule has 1 saturated heterocycles. The molecule has 0 aliphatic carbocycles. The quantitative estimate of drug-likeness (QED) is 0.897. The van der Waals surface area contributed by atoms with E-state index in [4.69, 9.17) is 0 Å². The topological polar surface area (TPSA) is 67.2 Å². The van der Waals surface area contributed by atoms with Crippen molar-refractivity contribution < 1.29 is 9.59 Å². The van der Waals surface area contributed by atoms with E-state index in [-0.39, 0.29) is 17.9 Å². The molecule has 138 valence electrons. The van der Waals surface area contributed by atoms with Gasteiger partial charge in [0.05, 0.1) is 5.69 Å². The summed E-state index contributed by atoms with van der Waals surface area (Å²) in [4.78, 5) is 26.6. The Hall–Kier alpha value is -2.63. The van der Waals surface area contributed by atoms with Crippen LogP contribution in [0.15, 0.2) is 30.3 Å². The molecule has 0 unspecified atom stereocenters. The summed E-state index contributed by atoms with van der Waals surface area (Å²) < 4.78 is 1.74. The maximum atomic E-state index is 12.4. The molecule has 2 amide bonds. The number of hydrogen-bond acceptors (Lipinski definition) is 3. The third kappa shape index (κ3) is 3.95. The number of aromatic nitrogens is 2. The summed E-state index contributed by atoms with van der Waals surface area (Å²) in [5.74, 6) is 0.0182. The van der Waals surface area contributed by atoms with Gasteiger partial charge in [0.25, 0.3) is 5.91 Å². The molecule has 0 spiro atoms. The highest BCUT2D eigenvalue weighted by Gasteiger charge is 2.20. The first kappa shape index (κ1) is 18.2. The van der Waals surface area contributed by atoms with E-state index < -0.39 is 0 Å². The number of carbonyl (C=O) groups is 2. The normalized spacial score (nSPS) is 15.1. The fourth-order valence-electron chi connectivity index (χ4n) is 3.35. The van der Waals surface area contributed by atoms with Gasteiger partial charge in [-0.15, -0.1) is 0 Å². The highest BCUT2D eigenvalue weighted by Crippen LogP contribution is 2.14. The monoisotopic (exact) mass is 354 g/mol. The van der Waals surface area contributed by atoms with Crippen LogP contribution in [0.1, 0.15) is 53.1 Å². The van der Waals surface area contributed by atoms with Gasteiger partial charge in [-0.1, -0.05) is 12.1 Å². The number of amides is 2. The van der Waals surface area contributed by atoms with Gasteiger partial charge in [0.15, 0.2) is 0 Å². The molecule has 1 aromatic heterocycles. The van der Waals surface area contributed by atoms with E-state index in [9.17, 15) is 9.59 Å². The van der Waals surface area contributed by atoms with Crippen molar-refractivity contribution in [2.75, 3.05) is 13.1 Å². The molecular weight excluding hydrogens is 328 g/mol. The minimum Gasteiger partial charge on any atom is -0.350 e. The Bertz CT molecular complexity index is 789.